The van der Waals surface area contributed by atoms with Crippen LogP contribution in [-0.4, -0.2) is 67.8 Å². The van der Waals surface area contributed by atoms with Crippen molar-refractivity contribution < 1.29 is 9.59 Å². The Morgan fingerprint density at radius 1 is 1.00 bits per heavy atom. The molecule has 0 spiro atoms. The second-order valence-corrected chi connectivity index (χ2v) is 10.6. The first-order valence-electron chi connectivity index (χ1n) is 11.8. The number of para-hydroxylation sites is 1. The number of thiophene rings is 1. The van der Waals surface area contributed by atoms with E-state index >= 15 is 0 Å². The van der Waals surface area contributed by atoms with E-state index in [-0.39, 0.29) is 23.6 Å². The Labute approximate surface area is 218 Å². The first-order chi connectivity index (χ1) is 17.5. The van der Waals surface area contributed by atoms with E-state index in [1.165, 1.54) is 11.8 Å². The fraction of sp³-hybridized carbons (Fsp3) is 0.259. The van der Waals surface area contributed by atoms with E-state index in [0.717, 1.165) is 27.5 Å². The van der Waals surface area contributed by atoms with E-state index in [9.17, 15) is 9.59 Å². The fourth-order valence-electron chi connectivity index (χ4n) is 4.41. The summed E-state index contributed by atoms with van der Waals surface area (Å²) in [5.74, 6) is 1.09. The van der Waals surface area contributed by atoms with Gasteiger partial charge in [0.25, 0.3) is 5.91 Å². The maximum absolute atomic E-state index is 13.1. The standard InChI is InChI=1S/C27H27N5O2S2/c1-19-9-6-7-12-22(19)26(34)31-15-14-30(17-20(31)2)24(33)18-36-27-29-28-25(23-13-8-16-35-23)32(27)21-10-4-3-5-11-21/h3-13,16,20H,14-15,17-18H2,1-2H3. The molecule has 7 nitrogen and oxygen atoms in total. The zero-order valence-corrected chi connectivity index (χ0v) is 21.8. The number of aryl methyl sites for hydroxylation is 1. The Morgan fingerprint density at radius 3 is 2.50 bits per heavy atom. The largest absolute Gasteiger partial charge is 0.338 e. The van der Waals surface area contributed by atoms with Gasteiger partial charge in [0.05, 0.1) is 10.6 Å². The molecule has 36 heavy (non-hydrogen) atoms. The number of carbonyl (C=O) groups excluding carboxylic acids is 2. The van der Waals surface area contributed by atoms with Crippen molar-refractivity contribution in [3.63, 3.8) is 0 Å². The van der Waals surface area contributed by atoms with Crippen molar-refractivity contribution in [1.29, 1.82) is 0 Å². The van der Waals surface area contributed by atoms with E-state index in [2.05, 4.69) is 10.2 Å². The lowest BCUT2D eigenvalue weighted by Crippen LogP contribution is -2.55. The molecule has 184 valence electrons. The molecule has 1 atom stereocenters. The number of thioether (sulfide) groups is 1. The normalized spacial score (nSPS) is 15.8. The second-order valence-electron chi connectivity index (χ2n) is 8.75. The highest BCUT2D eigenvalue weighted by atomic mass is 32.2. The third-order valence-electron chi connectivity index (χ3n) is 6.33. The van der Waals surface area contributed by atoms with Gasteiger partial charge in [-0.3, -0.25) is 14.2 Å². The van der Waals surface area contributed by atoms with Gasteiger partial charge >= 0.3 is 0 Å². The molecule has 0 radical (unpaired) electrons. The average Bonchev–Trinajstić information content (AvgIpc) is 3.58. The van der Waals surface area contributed by atoms with E-state index < -0.39 is 0 Å². The van der Waals surface area contributed by atoms with Gasteiger partial charge in [-0.1, -0.05) is 54.2 Å². The number of hydrogen-bond acceptors (Lipinski definition) is 6. The van der Waals surface area contributed by atoms with Gasteiger partial charge in [-0.05, 0) is 49.1 Å². The van der Waals surface area contributed by atoms with E-state index in [1.807, 2.05) is 100 Å². The van der Waals surface area contributed by atoms with Crippen molar-refractivity contribution in [3.8, 4) is 16.4 Å². The molecule has 0 aliphatic carbocycles. The van der Waals surface area contributed by atoms with Gasteiger partial charge in [0, 0.05) is 36.9 Å². The molecule has 0 bridgehead atoms. The number of aromatic nitrogens is 3. The van der Waals surface area contributed by atoms with Gasteiger partial charge in [0.2, 0.25) is 5.91 Å². The van der Waals surface area contributed by atoms with Crippen LogP contribution < -0.4 is 0 Å². The summed E-state index contributed by atoms with van der Waals surface area (Å²) < 4.78 is 2.01. The van der Waals surface area contributed by atoms with Crippen LogP contribution in [0.1, 0.15) is 22.8 Å². The topological polar surface area (TPSA) is 71.3 Å². The molecule has 2 aromatic heterocycles. The average molecular weight is 518 g/mol. The lowest BCUT2D eigenvalue weighted by atomic mass is 10.1. The summed E-state index contributed by atoms with van der Waals surface area (Å²) in [4.78, 5) is 31.0. The summed E-state index contributed by atoms with van der Waals surface area (Å²) in [6.45, 7) is 5.51. The number of nitrogens with zero attached hydrogens (tertiary/aromatic N) is 5. The molecule has 1 aliphatic rings. The molecule has 4 aromatic rings. The van der Waals surface area contributed by atoms with Crippen molar-refractivity contribution in [2.75, 3.05) is 25.4 Å². The number of hydrogen-bond donors (Lipinski definition) is 0. The molecule has 1 unspecified atom stereocenters. The number of piperazine rings is 1. The van der Waals surface area contributed by atoms with Gasteiger partial charge < -0.3 is 9.80 Å². The predicted molar refractivity (Wildman–Crippen MR) is 144 cm³/mol. The first kappa shape index (κ1) is 24.3. The van der Waals surface area contributed by atoms with Gasteiger partial charge in [0.15, 0.2) is 11.0 Å². The summed E-state index contributed by atoms with van der Waals surface area (Å²) in [6.07, 6.45) is 0. The van der Waals surface area contributed by atoms with Crippen LogP contribution in [0.3, 0.4) is 0 Å². The fourth-order valence-corrected chi connectivity index (χ4v) is 5.96. The van der Waals surface area contributed by atoms with Crippen LogP contribution in [0.25, 0.3) is 16.4 Å². The highest BCUT2D eigenvalue weighted by Gasteiger charge is 2.31. The van der Waals surface area contributed by atoms with E-state index in [0.29, 0.717) is 24.8 Å². The zero-order valence-electron chi connectivity index (χ0n) is 20.2. The number of benzene rings is 2. The third-order valence-corrected chi connectivity index (χ3v) is 8.11. The van der Waals surface area contributed by atoms with Crippen LogP contribution in [0.4, 0.5) is 0 Å². The Hall–Kier alpha value is -3.43. The van der Waals surface area contributed by atoms with E-state index in [1.54, 1.807) is 11.3 Å². The summed E-state index contributed by atoms with van der Waals surface area (Å²) in [5, 5.41) is 11.5. The lowest BCUT2D eigenvalue weighted by molar-refractivity contribution is -0.130. The Kier molecular flexibility index (Phi) is 7.20. The number of rotatable bonds is 6. The molecule has 0 saturated carbocycles. The maximum Gasteiger partial charge on any atom is 0.254 e. The molecule has 2 aromatic carbocycles. The van der Waals surface area contributed by atoms with Crippen LogP contribution in [0.5, 0.6) is 0 Å². The smallest absolute Gasteiger partial charge is 0.254 e. The van der Waals surface area contributed by atoms with Crippen molar-refractivity contribution in [2.24, 2.45) is 0 Å². The summed E-state index contributed by atoms with van der Waals surface area (Å²) in [6, 6.07) is 21.6. The van der Waals surface area contributed by atoms with Gasteiger partial charge in [-0.25, -0.2) is 0 Å². The van der Waals surface area contributed by atoms with Crippen LogP contribution in [0.15, 0.2) is 77.3 Å². The minimum atomic E-state index is -0.0572. The molecule has 5 rings (SSSR count). The minimum Gasteiger partial charge on any atom is -0.338 e. The first-order valence-corrected chi connectivity index (χ1v) is 13.7. The highest BCUT2D eigenvalue weighted by molar-refractivity contribution is 7.99. The minimum absolute atomic E-state index is 0.0270. The Morgan fingerprint density at radius 2 is 1.78 bits per heavy atom. The van der Waals surface area contributed by atoms with Gasteiger partial charge in [-0.15, -0.1) is 21.5 Å². The van der Waals surface area contributed by atoms with Crippen molar-refractivity contribution in [3.05, 3.63) is 83.2 Å². The Balaban J connectivity index is 1.26. The van der Waals surface area contributed by atoms with Gasteiger partial charge in [0.1, 0.15) is 0 Å². The molecule has 9 heteroatoms. The van der Waals surface area contributed by atoms with Crippen molar-refractivity contribution >= 4 is 34.9 Å². The SMILES string of the molecule is Cc1ccccc1C(=O)N1CCN(C(=O)CSc2nnc(-c3cccs3)n2-c2ccccc2)CC1C. The van der Waals surface area contributed by atoms with E-state index in [4.69, 9.17) is 0 Å². The number of carbonyl (C=O) groups is 2. The summed E-state index contributed by atoms with van der Waals surface area (Å²) in [5.41, 5.74) is 2.65. The van der Waals surface area contributed by atoms with Crippen LogP contribution >= 0.6 is 23.1 Å². The van der Waals surface area contributed by atoms with Crippen molar-refractivity contribution in [1.82, 2.24) is 24.6 Å². The molecule has 1 aliphatic heterocycles. The molecule has 1 fully saturated rings. The molecule has 1 saturated heterocycles. The summed E-state index contributed by atoms with van der Waals surface area (Å²) in [7, 11) is 0. The molecular formula is C27H27N5O2S2. The predicted octanol–water partition coefficient (Wildman–Crippen LogP) is 4.77. The number of amides is 2. The third kappa shape index (κ3) is 4.94. The molecule has 2 amide bonds. The van der Waals surface area contributed by atoms with Crippen molar-refractivity contribution in [2.45, 2.75) is 25.0 Å². The second kappa shape index (κ2) is 10.7. The lowest BCUT2D eigenvalue weighted by Gasteiger charge is -2.40. The van der Waals surface area contributed by atoms with Crippen LogP contribution in [0, 0.1) is 6.92 Å². The highest BCUT2D eigenvalue weighted by Crippen LogP contribution is 2.30. The van der Waals surface area contributed by atoms with Crippen LogP contribution in [-0.2, 0) is 4.79 Å². The van der Waals surface area contributed by atoms with Crippen LogP contribution in [0.2, 0.25) is 0 Å². The quantitative estimate of drug-likeness (QED) is 0.345. The monoisotopic (exact) mass is 517 g/mol. The molecular weight excluding hydrogens is 490 g/mol. The summed E-state index contributed by atoms with van der Waals surface area (Å²) >= 11 is 3.00. The van der Waals surface area contributed by atoms with Gasteiger partial charge in [-0.2, -0.15) is 0 Å². The molecule has 0 N–H and O–H groups in total. The maximum atomic E-state index is 13.1. The Bertz CT molecular complexity index is 1350. The zero-order chi connectivity index (χ0) is 25.1. The molecule has 3 heterocycles.